The average Bonchev–Trinajstić information content (AvgIpc) is 2.45. The molecule has 0 unspecified atom stereocenters. The molecular formula is C16H18N2O2. The third-order valence-electron chi connectivity index (χ3n) is 3.06. The predicted molar refractivity (Wildman–Crippen MR) is 78.5 cm³/mol. The van der Waals surface area contributed by atoms with E-state index in [1.165, 1.54) is 6.20 Å². The van der Waals surface area contributed by atoms with Crippen molar-refractivity contribution in [2.24, 2.45) is 5.92 Å². The maximum atomic E-state index is 12.1. The fourth-order valence-corrected chi connectivity index (χ4v) is 2.10. The number of carbonyl (C=O) groups is 2. The molecule has 2 rings (SSSR count). The summed E-state index contributed by atoms with van der Waals surface area (Å²) < 4.78 is 0. The summed E-state index contributed by atoms with van der Waals surface area (Å²) >= 11 is 0. The lowest BCUT2D eigenvalue weighted by atomic mass is 10.0. The molecule has 20 heavy (non-hydrogen) atoms. The number of nitrogens with one attached hydrogen (secondary N) is 1. The second-order valence-corrected chi connectivity index (χ2v) is 5.26. The van der Waals surface area contributed by atoms with Crippen molar-refractivity contribution in [3.8, 4) is 0 Å². The summed E-state index contributed by atoms with van der Waals surface area (Å²) in [7, 11) is 0. The normalized spacial score (nSPS) is 12.3. The van der Waals surface area contributed by atoms with Crippen LogP contribution in [0.5, 0.6) is 0 Å². The maximum Gasteiger partial charge on any atom is 0.253 e. The van der Waals surface area contributed by atoms with E-state index < -0.39 is 6.04 Å². The molecule has 0 saturated heterocycles. The van der Waals surface area contributed by atoms with Gasteiger partial charge in [-0.2, -0.15) is 0 Å². The van der Waals surface area contributed by atoms with Gasteiger partial charge >= 0.3 is 0 Å². The number of fused-ring (bicyclic) bond motifs is 1. The molecule has 1 N–H and O–H groups in total. The summed E-state index contributed by atoms with van der Waals surface area (Å²) in [5.41, 5.74) is 1.32. The molecule has 0 spiro atoms. The van der Waals surface area contributed by atoms with Gasteiger partial charge in [-0.3, -0.25) is 9.78 Å². The Labute approximate surface area is 118 Å². The van der Waals surface area contributed by atoms with E-state index in [-0.39, 0.29) is 5.91 Å². The van der Waals surface area contributed by atoms with Crippen molar-refractivity contribution < 1.29 is 9.59 Å². The van der Waals surface area contributed by atoms with E-state index in [1.54, 1.807) is 6.07 Å². The first kappa shape index (κ1) is 14.2. The predicted octanol–water partition coefficient (Wildman–Crippen LogP) is 2.58. The van der Waals surface area contributed by atoms with Crippen LogP contribution in [0.25, 0.3) is 10.9 Å². The van der Waals surface area contributed by atoms with Crippen molar-refractivity contribution in [2.45, 2.75) is 26.3 Å². The van der Waals surface area contributed by atoms with Crippen LogP contribution in [0, 0.1) is 5.92 Å². The Balaban J connectivity index is 2.16. The molecule has 0 bridgehead atoms. The first-order valence-electron chi connectivity index (χ1n) is 6.71. The molecule has 1 aromatic heterocycles. The minimum absolute atomic E-state index is 0.263. The van der Waals surface area contributed by atoms with E-state index in [2.05, 4.69) is 10.3 Å². The van der Waals surface area contributed by atoms with Crippen LogP contribution in [0.1, 0.15) is 30.6 Å². The molecule has 4 heteroatoms. The summed E-state index contributed by atoms with van der Waals surface area (Å²) in [6.45, 7) is 4.03. The number of hydrogen-bond donors (Lipinski definition) is 1. The van der Waals surface area contributed by atoms with Crippen LogP contribution in [0.4, 0.5) is 0 Å². The van der Waals surface area contributed by atoms with Crippen molar-refractivity contribution in [1.29, 1.82) is 0 Å². The highest BCUT2D eigenvalue weighted by molar-refractivity contribution is 5.98. The van der Waals surface area contributed by atoms with Crippen LogP contribution in [0.3, 0.4) is 0 Å². The van der Waals surface area contributed by atoms with Crippen molar-refractivity contribution in [3.05, 3.63) is 42.1 Å². The first-order chi connectivity index (χ1) is 9.60. The zero-order valence-corrected chi connectivity index (χ0v) is 11.7. The van der Waals surface area contributed by atoms with Crippen LogP contribution in [-0.4, -0.2) is 23.2 Å². The Morgan fingerprint density at radius 1 is 1.35 bits per heavy atom. The lowest BCUT2D eigenvalue weighted by Crippen LogP contribution is -2.37. The van der Waals surface area contributed by atoms with Gasteiger partial charge in [0.25, 0.3) is 5.91 Å². The Kier molecular flexibility index (Phi) is 4.45. The highest BCUT2D eigenvalue weighted by Gasteiger charge is 2.14. The van der Waals surface area contributed by atoms with E-state index in [1.807, 2.05) is 38.1 Å². The van der Waals surface area contributed by atoms with E-state index in [4.69, 9.17) is 0 Å². The third kappa shape index (κ3) is 3.41. The van der Waals surface area contributed by atoms with Gasteiger partial charge < -0.3 is 10.1 Å². The SMILES string of the molecule is CC(C)C[C@@H](C=O)NC(=O)c1cnc2ccccc2c1. The summed E-state index contributed by atoms with van der Waals surface area (Å²) in [6, 6.07) is 8.94. The molecule has 0 aliphatic heterocycles. The van der Waals surface area contributed by atoms with Gasteiger partial charge in [-0.25, -0.2) is 0 Å². The van der Waals surface area contributed by atoms with E-state index >= 15 is 0 Å². The van der Waals surface area contributed by atoms with E-state index in [9.17, 15) is 9.59 Å². The number of aldehydes is 1. The smallest absolute Gasteiger partial charge is 0.253 e. The summed E-state index contributed by atoms with van der Waals surface area (Å²) in [5, 5.41) is 3.64. The molecule has 0 aliphatic rings. The van der Waals surface area contributed by atoms with Gasteiger partial charge in [0.2, 0.25) is 0 Å². The van der Waals surface area contributed by atoms with Gasteiger partial charge in [-0.1, -0.05) is 32.0 Å². The molecule has 4 nitrogen and oxygen atoms in total. The summed E-state index contributed by atoms with van der Waals surface area (Å²) in [6.07, 6.45) is 2.96. The van der Waals surface area contributed by atoms with Crippen molar-refractivity contribution in [1.82, 2.24) is 10.3 Å². The fraction of sp³-hybridized carbons (Fsp3) is 0.312. The van der Waals surface area contributed by atoms with Gasteiger partial charge in [-0.15, -0.1) is 0 Å². The number of pyridine rings is 1. The number of hydrogen-bond acceptors (Lipinski definition) is 3. The zero-order chi connectivity index (χ0) is 14.5. The van der Waals surface area contributed by atoms with E-state index in [0.717, 1.165) is 17.2 Å². The highest BCUT2D eigenvalue weighted by Crippen LogP contribution is 2.13. The molecule has 1 aromatic carbocycles. The number of carbonyl (C=O) groups excluding carboxylic acids is 2. The van der Waals surface area contributed by atoms with Gasteiger partial charge in [0, 0.05) is 11.6 Å². The summed E-state index contributed by atoms with van der Waals surface area (Å²) in [4.78, 5) is 27.4. The van der Waals surface area contributed by atoms with E-state index in [0.29, 0.717) is 17.9 Å². The molecule has 0 radical (unpaired) electrons. The number of benzene rings is 1. The molecule has 1 heterocycles. The molecule has 0 fully saturated rings. The Hall–Kier alpha value is -2.23. The lowest BCUT2D eigenvalue weighted by molar-refractivity contribution is -0.109. The molecule has 1 amide bonds. The molecule has 104 valence electrons. The number of nitrogens with zero attached hydrogens (tertiary/aromatic N) is 1. The lowest BCUT2D eigenvalue weighted by Gasteiger charge is -2.14. The summed E-state index contributed by atoms with van der Waals surface area (Å²) in [5.74, 6) is 0.0845. The van der Waals surface area contributed by atoms with Crippen LogP contribution < -0.4 is 5.32 Å². The number of para-hydroxylation sites is 1. The molecule has 1 atom stereocenters. The molecule has 0 aliphatic carbocycles. The second-order valence-electron chi connectivity index (χ2n) is 5.26. The zero-order valence-electron chi connectivity index (χ0n) is 11.7. The van der Waals surface area contributed by atoms with Crippen LogP contribution in [0.15, 0.2) is 36.5 Å². The van der Waals surface area contributed by atoms with Gasteiger partial charge in [0.05, 0.1) is 17.1 Å². The molecule has 0 saturated carbocycles. The monoisotopic (exact) mass is 270 g/mol. The van der Waals surface area contributed by atoms with Crippen molar-refractivity contribution >= 4 is 23.1 Å². The molecular weight excluding hydrogens is 252 g/mol. The van der Waals surface area contributed by atoms with Crippen LogP contribution >= 0.6 is 0 Å². The Bertz CT molecular complexity index is 623. The number of rotatable bonds is 5. The Morgan fingerprint density at radius 2 is 2.10 bits per heavy atom. The standard InChI is InChI=1S/C16H18N2O2/c1-11(2)7-14(10-19)18-16(20)13-8-12-5-3-4-6-15(12)17-9-13/h3-6,8-11,14H,7H2,1-2H3,(H,18,20)/t14-/m0/s1. The third-order valence-corrected chi connectivity index (χ3v) is 3.06. The average molecular weight is 270 g/mol. The number of aromatic nitrogens is 1. The highest BCUT2D eigenvalue weighted by atomic mass is 16.2. The molecule has 2 aromatic rings. The maximum absolute atomic E-state index is 12.1. The van der Waals surface area contributed by atoms with Crippen molar-refractivity contribution in [3.63, 3.8) is 0 Å². The minimum Gasteiger partial charge on any atom is -0.342 e. The number of amides is 1. The van der Waals surface area contributed by atoms with Crippen molar-refractivity contribution in [2.75, 3.05) is 0 Å². The van der Waals surface area contributed by atoms with Gasteiger partial charge in [-0.05, 0) is 24.5 Å². The first-order valence-corrected chi connectivity index (χ1v) is 6.71. The Morgan fingerprint density at radius 3 is 2.80 bits per heavy atom. The van der Waals surface area contributed by atoms with Gasteiger partial charge in [0.15, 0.2) is 0 Å². The van der Waals surface area contributed by atoms with Gasteiger partial charge in [0.1, 0.15) is 6.29 Å². The topological polar surface area (TPSA) is 59.1 Å². The van der Waals surface area contributed by atoms with Crippen LogP contribution in [-0.2, 0) is 4.79 Å². The van der Waals surface area contributed by atoms with Crippen LogP contribution in [0.2, 0.25) is 0 Å². The second kappa shape index (κ2) is 6.28. The fourth-order valence-electron chi connectivity index (χ4n) is 2.10. The largest absolute Gasteiger partial charge is 0.342 e. The minimum atomic E-state index is -0.450. The quantitative estimate of drug-likeness (QED) is 0.849.